The first-order chi connectivity index (χ1) is 14.5. The standard InChI is InChI=1S/C21H24N4O5/c1-30-21(27)19-12-15-4-2-3-5-16(15)13-24(19)14-20(26)23-11-10-22-17-6-8-18(9-7-17)25(28)29/h2-9,19,22H,10-14H2,1H3,(H,23,26)/p+1/t19-/m1/s1. The number of ether oxygens (including phenoxy) is 1. The maximum absolute atomic E-state index is 12.4. The van der Waals surface area contributed by atoms with Crippen LogP contribution < -0.4 is 15.5 Å². The van der Waals surface area contributed by atoms with Gasteiger partial charge in [-0.15, -0.1) is 0 Å². The van der Waals surface area contributed by atoms with Gasteiger partial charge in [-0.1, -0.05) is 24.3 Å². The first-order valence-electron chi connectivity index (χ1n) is 9.72. The summed E-state index contributed by atoms with van der Waals surface area (Å²) in [6, 6.07) is 13.6. The van der Waals surface area contributed by atoms with E-state index in [4.69, 9.17) is 4.74 Å². The fraction of sp³-hybridized carbons (Fsp3) is 0.333. The minimum atomic E-state index is -0.451. The number of amides is 1. The molecule has 30 heavy (non-hydrogen) atoms. The number of anilines is 1. The first-order valence-corrected chi connectivity index (χ1v) is 9.72. The lowest BCUT2D eigenvalue weighted by Crippen LogP contribution is -3.17. The zero-order chi connectivity index (χ0) is 21.5. The van der Waals surface area contributed by atoms with Gasteiger partial charge < -0.3 is 20.3 Å². The van der Waals surface area contributed by atoms with Gasteiger partial charge in [0.15, 0.2) is 12.6 Å². The van der Waals surface area contributed by atoms with Gasteiger partial charge in [-0.3, -0.25) is 14.9 Å². The molecule has 2 aromatic rings. The summed E-state index contributed by atoms with van der Waals surface area (Å²) in [5.74, 6) is -0.462. The number of non-ortho nitro benzene ring substituents is 1. The van der Waals surface area contributed by atoms with Crippen LogP contribution in [0.5, 0.6) is 0 Å². The normalized spacial score (nSPS) is 17.5. The fourth-order valence-corrected chi connectivity index (χ4v) is 3.62. The van der Waals surface area contributed by atoms with Crippen molar-refractivity contribution < 1.29 is 24.1 Å². The molecular formula is C21H25N4O5+. The van der Waals surface area contributed by atoms with Crippen LogP contribution in [0, 0.1) is 10.1 Å². The molecule has 0 bridgehead atoms. The van der Waals surface area contributed by atoms with Crippen LogP contribution in [0.1, 0.15) is 11.1 Å². The van der Waals surface area contributed by atoms with Gasteiger partial charge in [0, 0.05) is 42.9 Å². The van der Waals surface area contributed by atoms with Gasteiger partial charge in [-0.25, -0.2) is 4.79 Å². The lowest BCUT2D eigenvalue weighted by Gasteiger charge is -2.31. The van der Waals surface area contributed by atoms with Crippen LogP contribution in [0.15, 0.2) is 48.5 Å². The van der Waals surface area contributed by atoms with Crippen LogP contribution in [-0.4, -0.2) is 49.6 Å². The summed E-state index contributed by atoms with van der Waals surface area (Å²) >= 11 is 0. The van der Waals surface area contributed by atoms with Crippen LogP contribution in [0.4, 0.5) is 11.4 Å². The third kappa shape index (κ3) is 5.32. The summed E-state index contributed by atoms with van der Waals surface area (Å²) in [5.41, 5.74) is 3.02. The van der Waals surface area contributed by atoms with E-state index in [1.807, 2.05) is 24.3 Å². The Labute approximate surface area is 174 Å². The van der Waals surface area contributed by atoms with E-state index in [2.05, 4.69) is 10.6 Å². The molecule has 9 heteroatoms. The van der Waals surface area contributed by atoms with E-state index < -0.39 is 11.0 Å². The average Bonchev–Trinajstić information content (AvgIpc) is 2.76. The number of carbonyl (C=O) groups excluding carboxylic acids is 2. The van der Waals surface area contributed by atoms with Crippen molar-refractivity contribution in [3.63, 3.8) is 0 Å². The van der Waals surface area contributed by atoms with Crippen molar-refractivity contribution in [1.29, 1.82) is 0 Å². The second-order valence-electron chi connectivity index (χ2n) is 7.14. The minimum absolute atomic E-state index is 0.0279. The number of hydrogen-bond acceptors (Lipinski definition) is 6. The van der Waals surface area contributed by atoms with E-state index in [0.717, 1.165) is 21.7 Å². The third-order valence-electron chi connectivity index (χ3n) is 5.18. The number of nitrogens with one attached hydrogen (secondary N) is 3. The first kappa shape index (κ1) is 21.3. The predicted molar refractivity (Wildman–Crippen MR) is 110 cm³/mol. The smallest absolute Gasteiger partial charge is 0.365 e. The van der Waals surface area contributed by atoms with Crippen LogP contribution in [0.25, 0.3) is 0 Å². The second kappa shape index (κ2) is 9.84. The van der Waals surface area contributed by atoms with Crippen LogP contribution in [-0.2, 0) is 27.3 Å². The minimum Gasteiger partial charge on any atom is -0.465 e. The molecular weight excluding hydrogens is 388 g/mol. The second-order valence-corrected chi connectivity index (χ2v) is 7.14. The zero-order valence-corrected chi connectivity index (χ0v) is 16.7. The Hall–Kier alpha value is -3.46. The number of hydrogen-bond donors (Lipinski definition) is 3. The molecule has 1 unspecified atom stereocenters. The molecule has 3 N–H and O–H groups in total. The van der Waals surface area contributed by atoms with Gasteiger partial charge in [0.1, 0.15) is 6.54 Å². The molecule has 1 heterocycles. The SMILES string of the molecule is COC(=O)[C@H]1Cc2ccccc2C[NH+]1CC(=O)NCCNc1ccc([N+](=O)[O-])cc1. The largest absolute Gasteiger partial charge is 0.465 e. The Morgan fingerprint density at radius 3 is 2.50 bits per heavy atom. The summed E-state index contributed by atoms with van der Waals surface area (Å²) in [6.45, 7) is 1.63. The van der Waals surface area contributed by atoms with E-state index in [9.17, 15) is 19.7 Å². The van der Waals surface area contributed by atoms with Gasteiger partial charge in [-0.2, -0.15) is 0 Å². The highest BCUT2D eigenvalue weighted by Crippen LogP contribution is 2.15. The van der Waals surface area contributed by atoms with Crippen LogP contribution >= 0.6 is 0 Å². The number of rotatable bonds is 8. The summed E-state index contributed by atoms with van der Waals surface area (Å²) < 4.78 is 4.94. The maximum atomic E-state index is 12.4. The number of nitrogens with zero attached hydrogens (tertiary/aromatic N) is 1. The molecule has 0 spiro atoms. The molecule has 1 amide bonds. The molecule has 0 saturated heterocycles. The quantitative estimate of drug-likeness (QED) is 0.248. The molecule has 2 aromatic carbocycles. The molecule has 2 atom stereocenters. The zero-order valence-electron chi connectivity index (χ0n) is 16.7. The van der Waals surface area contributed by atoms with E-state index in [1.165, 1.54) is 19.2 Å². The van der Waals surface area contributed by atoms with Crippen molar-refractivity contribution in [2.24, 2.45) is 0 Å². The van der Waals surface area contributed by atoms with E-state index in [0.29, 0.717) is 26.1 Å². The molecule has 0 aliphatic carbocycles. The number of nitro benzene ring substituents is 1. The van der Waals surface area contributed by atoms with Crippen molar-refractivity contribution in [2.45, 2.75) is 19.0 Å². The Bertz CT molecular complexity index is 916. The van der Waals surface area contributed by atoms with Crippen molar-refractivity contribution in [1.82, 2.24) is 5.32 Å². The summed E-state index contributed by atoms with van der Waals surface area (Å²) in [6.07, 6.45) is 0.549. The molecule has 3 rings (SSSR count). The Balaban J connectivity index is 1.49. The Morgan fingerprint density at radius 1 is 1.13 bits per heavy atom. The Morgan fingerprint density at radius 2 is 1.83 bits per heavy atom. The molecule has 0 saturated carbocycles. The highest BCUT2D eigenvalue weighted by molar-refractivity contribution is 5.78. The highest BCUT2D eigenvalue weighted by Gasteiger charge is 2.36. The highest BCUT2D eigenvalue weighted by atomic mass is 16.6. The van der Waals surface area contributed by atoms with Gasteiger partial charge >= 0.3 is 5.97 Å². The topological polar surface area (TPSA) is 115 Å². The number of nitro groups is 1. The van der Waals surface area contributed by atoms with Crippen molar-refractivity contribution in [3.05, 3.63) is 69.8 Å². The molecule has 1 aliphatic heterocycles. The number of esters is 1. The lowest BCUT2D eigenvalue weighted by atomic mass is 9.94. The molecule has 1 aliphatic rings. The number of fused-ring (bicyclic) bond motifs is 1. The van der Waals surface area contributed by atoms with E-state index >= 15 is 0 Å². The van der Waals surface area contributed by atoms with Gasteiger partial charge in [0.05, 0.1) is 12.0 Å². The summed E-state index contributed by atoms with van der Waals surface area (Å²) in [7, 11) is 1.37. The molecule has 158 valence electrons. The number of carbonyl (C=O) groups is 2. The van der Waals surface area contributed by atoms with Crippen LogP contribution in [0.3, 0.4) is 0 Å². The Kier molecular flexibility index (Phi) is 6.97. The average molecular weight is 413 g/mol. The number of benzene rings is 2. The number of methoxy groups -OCH3 is 1. The van der Waals surface area contributed by atoms with Gasteiger partial charge in [-0.05, 0) is 17.7 Å². The third-order valence-corrected chi connectivity index (χ3v) is 5.18. The van der Waals surface area contributed by atoms with Crippen LogP contribution in [0.2, 0.25) is 0 Å². The molecule has 0 radical (unpaired) electrons. The van der Waals surface area contributed by atoms with Gasteiger partial charge in [0.2, 0.25) is 0 Å². The van der Waals surface area contributed by atoms with E-state index in [-0.39, 0.29) is 24.1 Å². The molecule has 9 nitrogen and oxygen atoms in total. The van der Waals surface area contributed by atoms with Gasteiger partial charge in [0.25, 0.3) is 11.6 Å². The monoisotopic (exact) mass is 413 g/mol. The fourth-order valence-electron chi connectivity index (χ4n) is 3.62. The predicted octanol–water partition coefficient (Wildman–Crippen LogP) is 0.306. The summed E-state index contributed by atoms with van der Waals surface area (Å²) in [5, 5.41) is 16.6. The van der Waals surface area contributed by atoms with Crippen molar-refractivity contribution in [2.75, 3.05) is 32.1 Å². The van der Waals surface area contributed by atoms with Crippen molar-refractivity contribution in [3.8, 4) is 0 Å². The molecule has 0 aromatic heterocycles. The maximum Gasteiger partial charge on any atom is 0.365 e. The van der Waals surface area contributed by atoms with Crippen molar-refractivity contribution >= 4 is 23.3 Å². The van der Waals surface area contributed by atoms with E-state index in [1.54, 1.807) is 12.1 Å². The lowest BCUT2D eigenvalue weighted by molar-refractivity contribution is -0.924. The molecule has 0 fully saturated rings. The summed E-state index contributed by atoms with van der Waals surface area (Å²) in [4.78, 5) is 35.7. The number of quaternary nitrogens is 1.